The van der Waals surface area contributed by atoms with E-state index in [-0.39, 0.29) is 0 Å². The van der Waals surface area contributed by atoms with Crippen molar-refractivity contribution in [3.63, 3.8) is 0 Å². The molecular weight excluding hydrogens is 302 g/mol. The summed E-state index contributed by atoms with van der Waals surface area (Å²) in [6.07, 6.45) is 11.6. The van der Waals surface area contributed by atoms with Crippen molar-refractivity contribution >= 4 is 0 Å². The first-order valence-electron chi connectivity index (χ1n) is 11.2. The topological polar surface area (TPSA) is 12.0 Å². The molecule has 1 aliphatic rings. The van der Waals surface area contributed by atoms with E-state index in [0.29, 0.717) is 22.9 Å². The van der Waals surface area contributed by atoms with E-state index in [1.54, 1.807) is 0 Å². The summed E-state index contributed by atoms with van der Waals surface area (Å²) < 4.78 is 0. The highest BCUT2D eigenvalue weighted by atomic mass is 15.0. The molecule has 0 aliphatic heterocycles. The first-order valence-corrected chi connectivity index (χ1v) is 11.2. The van der Waals surface area contributed by atoms with E-state index in [0.717, 1.165) is 17.8 Å². The second kappa shape index (κ2) is 9.77. The molecule has 0 bridgehead atoms. The van der Waals surface area contributed by atoms with Crippen molar-refractivity contribution in [1.82, 2.24) is 5.32 Å². The molecule has 0 radical (unpaired) electrons. The molecule has 1 nitrogen and oxygen atoms in total. The van der Waals surface area contributed by atoms with Crippen molar-refractivity contribution in [3.05, 3.63) is 0 Å². The lowest BCUT2D eigenvalue weighted by molar-refractivity contribution is 0.109. The molecule has 4 atom stereocenters. The van der Waals surface area contributed by atoms with Crippen molar-refractivity contribution < 1.29 is 0 Å². The summed E-state index contributed by atoms with van der Waals surface area (Å²) in [5, 5.41) is 3.95. The van der Waals surface area contributed by atoms with Gasteiger partial charge < -0.3 is 5.32 Å². The molecule has 4 unspecified atom stereocenters. The molecule has 1 aliphatic carbocycles. The Labute approximate surface area is 160 Å². The summed E-state index contributed by atoms with van der Waals surface area (Å²) >= 11 is 0. The molecule has 0 heterocycles. The van der Waals surface area contributed by atoms with Crippen LogP contribution < -0.4 is 5.32 Å². The minimum atomic E-state index is 0.327. The van der Waals surface area contributed by atoms with Gasteiger partial charge in [0.2, 0.25) is 0 Å². The molecule has 0 saturated heterocycles. The summed E-state index contributed by atoms with van der Waals surface area (Å²) in [6, 6.07) is 1.14. The van der Waals surface area contributed by atoms with Crippen LogP contribution in [-0.4, -0.2) is 12.1 Å². The van der Waals surface area contributed by atoms with Crippen LogP contribution in [0.5, 0.6) is 0 Å². The Bertz CT molecular complexity index is 351. The van der Waals surface area contributed by atoms with E-state index >= 15 is 0 Å². The molecule has 1 heteroatoms. The van der Waals surface area contributed by atoms with Gasteiger partial charge in [0.15, 0.2) is 0 Å². The molecule has 1 saturated carbocycles. The van der Waals surface area contributed by atoms with Crippen molar-refractivity contribution in [1.29, 1.82) is 0 Å². The quantitative estimate of drug-likeness (QED) is 0.524. The Hall–Kier alpha value is -0.0400. The Morgan fingerprint density at radius 3 is 1.72 bits per heavy atom. The van der Waals surface area contributed by atoms with Crippen LogP contribution in [0.25, 0.3) is 0 Å². The third-order valence-electron chi connectivity index (χ3n) is 6.88. The average molecular weight is 352 g/mol. The van der Waals surface area contributed by atoms with Gasteiger partial charge in [-0.05, 0) is 48.9 Å². The van der Waals surface area contributed by atoms with E-state index in [2.05, 4.69) is 67.6 Å². The van der Waals surface area contributed by atoms with E-state index < -0.39 is 0 Å². The van der Waals surface area contributed by atoms with Gasteiger partial charge in [-0.1, -0.05) is 93.4 Å². The normalized spacial score (nSPS) is 23.4. The van der Waals surface area contributed by atoms with Crippen LogP contribution in [0.3, 0.4) is 0 Å². The number of nitrogens with one attached hydrogen (secondary N) is 1. The third-order valence-corrected chi connectivity index (χ3v) is 6.88. The summed E-state index contributed by atoms with van der Waals surface area (Å²) in [5.41, 5.74) is 0.754. The van der Waals surface area contributed by atoms with Crippen molar-refractivity contribution in [3.8, 4) is 0 Å². The Balaban J connectivity index is 2.85. The van der Waals surface area contributed by atoms with Crippen LogP contribution in [0.2, 0.25) is 0 Å². The lowest BCUT2D eigenvalue weighted by Crippen LogP contribution is -2.47. The van der Waals surface area contributed by atoms with Crippen LogP contribution in [0.1, 0.15) is 114 Å². The standard InChI is InChI=1S/C24H49N/c1-18(19(2)25-20(3)24(7,8)9)22(17-23(4,5)6)21-15-13-11-10-12-14-16-21/h18-22,25H,10-17H2,1-9H3. The molecule has 0 amide bonds. The second-order valence-corrected chi connectivity index (χ2v) is 11.4. The predicted octanol–water partition coefficient (Wildman–Crippen LogP) is 7.45. The highest BCUT2D eigenvalue weighted by Gasteiger charge is 2.34. The number of rotatable bonds is 6. The Morgan fingerprint density at radius 2 is 1.28 bits per heavy atom. The number of hydrogen-bond donors (Lipinski definition) is 1. The van der Waals surface area contributed by atoms with E-state index in [9.17, 15) is 0 Å². The van der Waals surface area contributed by atoms with Gasteiger partial charge in [-0.15, -0.1) is 0 Å². The Morgan fingerprint density at radius 1 is 0.800 bits per heavy atom. The zero-order valence-corrected chi connectivity index (χ0v) is 19.0. The monoisotopic (exact) mass is 351 g/mol. The zero-order chi connectivity index (χ0) is 19.3. The lowest BCUT2D eigenvalue weighted by atomic mass is 9.67. The van der Waals surface area contributed by atoms with E-state index in [4.69, 9.17) is 0 Å². The predicted molar refractivity (Wildman–Crippen MR) is 114 cm³/mol. The zero-order valence-electron chi connectivity index (χ0n) is 19.0. The maximum Gasteiger partial charge on any atom is 0.00898 e. The second-order valence-electron chi connectivity index (χ2n) is 11.4. The lowest BCUT2D eigenvalue weighted by Gasteiger charge is -2.41. The first-order chi connectivity index (χ1) is 11.4. The van der Waals surface area contributed by atoms with Crippen molar-refractivity contribution in [2.24, 2.45) is 28.6 Å². The molecule has 0 spiro atoms. The smallest absolute Gasteiger partial charge is 0.00898 e. The van der Waals surface area contributed by atoms with Gasteiger partial charge in [0.05, 0.1) is 0 Å². The van der Waals surface area contributed by atoms with Crippen LogP contribution in [-0.2, 0) is 0 Å². The van der Waals surface area contributed by atoms with Gasteiger partial charge in [-0.2, -0.15) is 0 Å². The average Bonchev–Trinajstić information content (AvgIpc) is 2.42. The molecular formula is C24H49N. The summed E-state index contributed by atoms with van der Waals surface area (Å²) in [5.74, 6) is 2.53. The summed E-state index contributed by atoms with van der Waals surface area (Å²) in [7, 11) is 0. The highest BCUT2D eigenvalue weighted by Crippen LogP contribution is 2.40. The molecule has 1 rings (SSSR count). The molecule has 1 fully saturated rings. The van der Waals surface area contributed by atoms with Crippen LogP contribution in [0.15, 0.2) is 0 Å². The Kier molecular flexibility index (Phi) is 8.99. The fourth-order valence-electron chi connectivity index (χ4n) is 4.57. The minimum Gasteiger partial charge on any atom is -0.311 e. The molecule has 25 heavy (non-hydrogen) atoms. The third kappa shape index (κ3) is 8.46. The van der Waals surface area contributed by atoms with Crippen molar-refractivity contribution in [2.45, 2.75) is 126 Å². The van der Waals surface area contributed by atoms with Gasteiger partial charge in [-0.3, -0.25) is 0 Å². The highest BCUT2D eigenvalue weighted by molar-refractivity contribution is 4.87. The fraction of sp³-hybridized carbons (Fsp3) is 1.00. The summed E-state index contributed by atoms with van der Waals surface area (Å²) in [6.45, 7) is 21.7. The van der Waals surface area contributed by atoms with E-state index in [1.165, 1.54) is 51.4 Å². The van der Waals surface area contributed by atoms with Gasteiger partial charge >= 0.3 is 0 Å². The maximum absolute atomic E-state index is 3.95. The van der Waals surface area contributed by atoms with Crippen LogP contribution >= 0.6 is 0 Å². The van der Waals surface area contributed by atoms with Gasteiger partial charge in [-0.25, -0.2) is 0 Å². The first kappa shape index (κ1) is 23.0. The van der Waals surface area contributed by atoms with Crippen molar-refractivity contribution in [2.75, 3.05) is 0 Å². The van der Waals surface area contributed by atoms with Gasteiger partial charge in [0.25, 0.3) is 0 Å². The fourth-order valence-corrected chi connectivity index (χ4v) is 4.57. The summed E-state index contributed by atoms with van der Waals surface area (Å²) in [4.78, 5) is 0. The van der Waals surface area contributed by atoms with E-state index in [1.807, 2.05) is 0 Å². The van der Waals surface area contributed by atoms with Crippen LogP contribution in [0, 0.1) is 28.6 Å². The molecule has 0 aromatic heterocycles. The largest absolute Gasteiger partial charge is 0.311 e. The molecule has 0 aromatic carbocycles. The van der Waals surface area contributed by atoms with Gasteiger partial charge in [0, 0.05) is 12.1 Å². The SMILES string of the molecule is CC(NC(C)C(C)(C)C)C(C)C(CC(C)(C)C)C1CCCCCCC1. The molecule has 150 valence electrons. The van der Waals surface area contributed by atoms with Crippen LogP contribution in [0.4, 0.5) is 0 Å². The maximum atomic E-state index is 3.95. The minimum absolute atomic E-state index is 0.327. The van der Waals surface area contributed by atoms with Gasteiger partial charge in [0.1, 0.15) is 0 Å². The molecule has 0 aromatic rings. The number of hydrogen-bond acceptors (Lipinski definition) is 1. The molecule has 1 N–H and O–H groups in total.